The zero-order chi connectivity index (χ0) is 20.5. The fourth-order valence-electron chi connectivity index (χ4n) is 4.06. The van der Waals surface area contributed by atoms with Crippen molar-refractivity contribution in [1.29, 1.82) is 0 Å². The summed E-state index contributed by atoms with van der Waals surface area (Å²) in [6.07, 6.45) is 8.54. The standard InChI is InChI=1S/C20H40N4O3S/c1-4-16-27-20(12-8-7-9-13-20)17-22-19(21-5-2)23-18-10-14-24(15-11-18)28(25,26)6-3/h18H,4-17H2,1-3H3,(H2,21,22,23). The molecule has 0 radical (unpaired) electrons. The van der Waals surface area contributed by atoms with Crippen LogP contribution in [-0.2, 0) is 14.8 Å². The van der Waals surface area contributed by atoms with E-state index in [0.29, 0.717) is 19.6 Å². The third-order valence-electron chi connectivity index (χ3n) is 5.80. The number of nitrogens with one attached hydrogen (secondary N) is 2. The van der Waals surface area contributed by atoms with Crippen LogP contribution in [0.2, 0.25) is 0 Å². The molecule has 0 spiro atoms. The van der Waals surface area contributed by atoms with Crippen molar-refractivity contribution in [3.63, 3.8) is 0 Å². The maximum absolute atomic E-state index is 12.0. The molecule has 0 unspecified atom stereocenters. The first kappa shape index (κ1) is 23.4. The maximum Gasteiger partial charge on any atom is 0.213 e. The Labute approximate surface area is 171 Å². The van der Waals surface area contributed by atoms with Crippen LogP contribution in [0.3, 0.4) is 0 Å². The van der Waals surface area contributed by atoms with Crippen molar-refractivity contribution in [3.05, 3.63) is 0 Å². The summed E-state index contributed by atoms with van der Waals surface area (Å²) in [6.45, 7) is 9.37. The van der Waals surface area contributed by atoms with E-state index in [2.05, 4.69) is 24.5 Å². The van der Waals surface area contributed by atoms with E-state index >= 15 is 0 Å². The molecule has 0 bridgehead atoms. The third kappa shape index (κ3) is 6.88. The van der Waals surface area contributed by atoms with Crippen LogP contribution >= 0.6 is 0 Å². The van der Waals surface area contributed by atoms with Crippen LogP contribution in [0.15, 0.2) is 4.99 Å². The second-order valence-electron chi connectivity index (χ2n) is 8.01. The van der Waals surface area contributed by atoms with Gasteiger partial charge in [0.2, 0.25) is 10.0 Å². The normalized spacial score (nSPS) is 22.2. The first-order chi connectivity index (χ1) is 13.4. The van der Waals surface area contributed by atoms with Crippen LogP contribution in [0, 0.1) is 0 Å². The number of hydrogen-bond donors (Lipinski definition) is 2. The van der Waals surface area contributed by atoms with E-state index in [4.69, 9.17) is 9.73 Å². The number of hydrogen-bond acceptors (Lipinski definition) is 4. The van der Waals surface area contributed by atoms with E-state index < -0.39 is 10.0 Å². The number of guanidine groups is 1. The van der Waals surface area contributed by atoms with Gasteiger partial charge in [0.15, 0.2) is 5.96 Å². The van der Waals surface area contributed by atoms with Gasteiger partial charge in [-0.15, -0.1) is 0 Å². The Kier molecular flexibility index (Phi) is 9.50. The van der Waals surface area contributed by atoms with Gasteiger partial charge in [-0.2, -0.15) is 0 Å². The Morgan fingerprint density at radius 3 is 2.39 bits per heavy atom. The second kappa shape index (κ2) is 11.4. The first-order valence-electron chi connectivity index (χ1n) is 11.1. The highest BCUT2D eigenvalue weighted by atomic mass is 32.2. The molecular formula is C20H40N4O3S. The number of nitrogens with zero attached hydrogens (tertiary/aromatic N) is 2. The lowest BCUT2D eigenvalue weighted by Gasteiger charge is -2.36. The Hall–Kier alpha value is -0.860. The van der Waals surface area contributed by atoms with Crippen LogP contribution in [-0.4, -0.2) is 68.9 Å². The zero-order valence-corrected chi connectivity index (χ0v) is 18.8. The minimum absolute atomic E-state index is 0.116. The molecule has 2 rings (SSSR count). The van der Waals surface area contributed by atoms with Gasteiger partial charge >= 0.3 is 0 Å². The minimum Gasteiger partial charge on any atom is -0.373 e. The van der Waals surface area contributed by atoms with E-state index in [1.54, 1.807) is 11.2 Å². The molecule has 0 aromatic heterocycles. The molecule has 1 saturated heterocycles. The van der Waals surface area contributed by atoms with Crippen molar-refractivity contribution < 1.29 is 13.2 Å². The summed E-state index contributed by atoms with van der Waals surface area (Å²) in [7, 11) is -3.08. The van der Waals surface area contributed by atoms with E-state index in [0.717, 1.165) is 51.2 Å². The molecule has 164 valence electrons. The summed E-state index contributed by atoms with van der Waals surface area (Å²) in [6, 6.07) is 0.250. The highest BCUT2D eigenvalue weighted by molar-refractivity contribution is 7.89. The van der Waals surface area contributed by atoms with Gasteiger partial charge in [-0.25, -0.2) is 12.7 Å². The van der Waals surface area contributed by atoms with Crippen LogP contribution < -0.4 is 10.6 Å². The van der Waals surface area contributed by atoms with Gasteiger partial charge < -0.3 is 15.4 Å². The molecule has 2 aliphatic rings. The molecule has 0 aromatic carbocycles. The highest BCUT2D eigenvalue weighted by Gasteiger charge is 2.33. The predicted molar refractivity (Wildman–Crippen MR) is 115 cm³/mol. The van der Waals surface area contributed by atoms with Crippen LogP contribution in [0.5, 0.6) is 0 Å². The number of rotatable bonds is 9. The predicted octanol–water partition coefficient (Wildman–Crippen LogP) is 2.49. The molecule has 1 aliphatic carbocycles. The third-order valence-corrected chi connectivity index (χ3v) is 7.68. The van der Waals surface area contributed by atoms with Gasteiger partial charge in [-0.1, -0.05) is 26.2 Å². The highest BCUT2D eigenvalue weighted by Crippen LogP contribution is 2.32. The van der Waals surface area contributed by atoms with E-state index in [-0.39, 0.29) is 17.4 Å². The van der Waals surface area contributed by atoms with Crippen molar-refractivity contribution in [2.75, 3.05) is 38.5 Å². The van der Waals surface area contributed by atoms with Gasteiger partial charge in [0, 0.05) is 32.3 Å². The average Bonchev–Trinajstić information content (AvgIpc) is 2.72. The SMILES string of the molecule is CCCOC1(CN=C(NCC)NC2CCN(S(=O)(=O)CC)CC2)CCCCC1. The molecule has 0 aromatic rings. The van der Waals surface area contributed by atoms with E-state index in [9.17, 15) is 8.42 Å². The Morgan fingerprint density at radius 1 is 1.14 bits per heavy atom. The van der Waals surface area contributed by atoms with Crippen molar-refractivity contribution in [2.24, 2.45) is 4.99 Å². The molecule has 7 nitrogen and oxygen atoms in total. The van der Waals surface area contributed by atoms with E-state index in [1.807, 2.05) is 0 Å². The molecule has 8 heteroatoms. The number of piperidine rings is 1. The van der Waals surface area contributed by atoms with Gasteiger partial charge in [0.1, 0.15) is 0 Å². The van der Waals surface area contributed by atoms with Crippen molar-refractivity contribution in [3.8, 4) is 0 Å². The number of aliphatic imine (C=N–C) groups is 1. The van der Waals surface area contributed by atoms with Crippen LogP contribution in [0.1, 0.15) is 72.1 Å². The molecule has 0 amide bonds. The summed E-state index contributed by atoms with van der Waals surface area (Å²) < 4.78 is 32.0. The Morgan fingerprint density at radius 2 is 1.82 bits per heavy atom. The molecular weight excluding hydrogens is 376 g/mol. The largest absolute Gasteiger partial charge is 0.373 e. The van der Waals surface area contributed by atoms with E-state index in [1.165, 1.54) is 19.3 Å². The fourth-order valence-corrected chi connectivity index (χ4v) is 5.19. The van der Waals surface area contributed by atoms with Crippen LogP contribution in [0.4, 0.5) is 0 Å². The quantitative estimate of drug-likeness (QED) is 0.446. The van der Waals surface area contributed by atoms with Crippen molar-refractivity contribution in [1.82, 2.24) is 14.9 Å². The van der Waals surface area contributed by atoms with Crippen molar-refractivity contribution in [2.45, 2.75) is 83.8 Å². The minimum atomic E-state index is -3.08. The smallest absolute Gasteiger partial charge is 0.213 e. The first-order valence-corrected chi connectivity index (χ1v) is 12.7. The molecule has 1 heterocycles. The molecule has 2 N–H and O–H groups in total. The second-order valence-corrected chi connectivity index (χ2v) is 10.3. The molecule has 1 aliphatic heterocycles. The topological polar surface area (TPSA) is 83.0 Å². The number of ether oxygens (including phenoxy) is 1. The molecule has 1 saturated carbocycles. The molecule has 0 atom stereocenters. The molecule has 28 heavy (non-hydrogen) atoms. The Bertz CT molecular complexity index is 580. The Balaban J connectivity index is 1.94. The van der Waals surface area contributed by atoms with Gasteiger partial charge in [0.05, 0.1) is 17.9 Å². The summed E-state index contributed by atoms with van der Waals surface area (Å²) in [5.41, 5.74) is -0.116. The lowest BCUT2D eigenvalue weighted by molar-refractivity contribution is -0.0624. The van der Waals surface area contributed by atoms with Gasteiger partial charge in [-0.3, -0.25) is 4.99 Å². The lowest BCUT2D eigenvalue weighted by Crippen LogP contribution is -2.50. The monoisotopic (exact) mass is 416 g/mol. The number of sulfonamides is 1. The molecule has 2 fully saturated rings. The maximum atomic E-state index is 12.0. The lowest BCUT2D eigenvalue weighted by atomic mass is 9.84. The summed E-state index contributed by atoms with van der Waals surface area (Å²) in [4.78, 5) is 4.88. The van der Waals surface area contributed by atoms with Crippen molar-refractivity contribution >= 4 is 16.0 Å². The summed E-state index contributed by atoms with van der Waals surface area (Å²) in [5.74, 6) is 0.999. The summed E-state index contributed by atoms with van der Waals surface area (Å²) >= 11 is 0. The summed E-state index contributed by atoms with van der Waals surface area (Å²) in [5, 5.41) is 6.87. The fraction of sp³-hybridized carbons (Fsp3) is 0.950. The van der Waals surface area contributed by atoms with Gasteiger partial charge in [0.25, 0.3) is 0 Å². The zero-order valence-electron chi connectivity index (χ0n) is 18.0. The van der Waals surface area contributed by atoms with Crippen LogP contribution in [0.25, 0.3) is 0 Å². The van der Waals surface area contributed by atoms with Gasteiger partial charge in [-0.05, 0) is 46.0 Å². The average molecular weight is 417 g/mol.